The number of anilines is 2. The standard InChI is InChI=1S/C19H20ClFN4O3/c20-15-9-14(5-6-16(15)25-8-7-22-18(27)11-25)24-19(28)23-10-17(26)12-1-3-13(21)4-2-12/h1-6,9,17,26H,7-8,10-11H2,(H,22,27)(H2,23,24,28). The van der Waals surface area contributed by atoms with Crippen molar-refractivity contribution in [2.45, 2.75) is 6.10 Å². The molecule has 0 saturated carbocycles. The average molecular weight is 407 g/mol. The van der Waals surface area contributed by atoms with Crippen molar-refractivity contribution in [1.82, 2.24) is 10.6 Å². The molecule has 148 valence electrons. The molecule has 0 radical (unpaired) electrons. The molecular weight excluding hydrogens is 387 g/mol. The van der Waals surface area contributed by atoms with Crippen LogP contribution in [0.3, 0.4) is 0 Å². The maximum atomic E-state index is 12.9. The topological polar surface area (TPSA) is 93.7 Å². The van der Waals surface area contributed by atoms with Crippen LogP contribution in [0.1, 0.15) is 11.7 Å². The number of benzene rings is 2. The number of carbonyl (C=O) groups is 2. The molecule has 3 rings (SSSR count). The summed E-state index contributed by atoms with van der Waals surface area (Å²) in [4.78, 5) is 25.4. The molecule has 1 unspecified atom stereocenters. The third-order valence-electron chi connectivity index (χ3n) is 4.30. The highest BCUT2D eigenvalue weighted by atomic mass is 35.5. The van der Waals surface area contributed by atoms with E-state index < -0.39 is 18.0 Å². The Labute approximate surface area is 166 Å². The van der Waals surface area contributed by atoms with Gasteiger partial charge in [-0.1, -0.05) is 23.7 Å². The fourth-order valence-electron chi connectivity index (χ4n) is 2.85. The molecule has 1 aliphatic heterocycles. The number of halogens is 2. The minimum Gasteiger partial charge on any atom is -0.387 e. The van der Waals surface area contributed by atoms with Crippen molar-refractivity contribution in [2.24, 2.45) is 0 Å². The van der Waals surface area contributed by atoms with Gasteiger partial charge in [0.15, 0.2) is 0 Å². The summed E-state index contributed by atoms with van der Waals surface area (Å²) in [5, 5.41) is 18.4. The molecule has 0 aromatic heterocycles. The van der Waals surface area contributed by atoms with Gasteiger partial charge >= 0.3 is 6.03 Å². The quantitative estimate of drug-likeness (QED) is 0.612. The molecule has 1 atom stereocenters. The van der Waals surface area contributed by atoms with Gasteiger partial charge in [-0.25, -0.2) is 9.18 Å². The van der Waals surface area contributed by atoms with Gasteiger partial charge in [-0.15, -0.1) is 0 Å². The molecule has 1 aliphatic rings. The summed E-state index contributed by atoms with van der Waals surface area (Å²) in [7, 11) is 0. The molecule has 0 spiro atoms. The Morgan fingerprint density at radius 2 is 2.04 bits per heavy atom. The van der Waals surface area contributed by atoms with E-state index in [2.05, 4.69) is 16.0 Å². The Morgan fingerprint density at radius 1 is 1.29 bits per heavy atom. The number of piperazine rings is 1. The Morgan fingerprint density at radius 3 is 2.71 bits per heavy atom. The number of nitrogens with one attached hydrogen (secondary N) is 3. The highest BCUT2D eigenvalue weighted by Crippen LogP contribution is 2.29. The van der Waals surface area contributed by atoms with E-state index in [-0.39, 0.29) is 19.0 Å². The van der Waals surface area contributed by atoms with Gasteiger partial charge in [0.2, 0.25) is 5.91 Å². The fraction of sp³-hybridized carbons (Fsp3) is 0.263. The van der Waals surface area contributed by atoms with Crippen LogP contribution in [-0.2, 0) is 4.79 Å². The predicted octanol–water partition coefficient (Wildman–Crippen LogP) is 2.27. The lowest BCUT2D eigenvalue weighted by molar-refractivity contribution is -0.120. The van der Waals surface area contributed by atoms with Crippen LogP contribution >= 0.6 is 11.6 Å². The minimum atomic E-state index is -0.956. The molecule has 1 fully saturated rings. The highest BCUT2D eigenvalue weighted by molar-refractivity contribution is 6.33. The van der Waals surface area contributed by atoms with Crippen molar-refractivity contribution in [3.8, 4) is 0 Å². The Bertz CT molecular complexity index is 863. The van der Waals surface area contributed by atoms with Crippen LogP contribution in [0, 0.1) is 5.82 Å². The lowest BCUT2D eigenvalue weighted by atomic mass is 10.1. The summed E-state index contributed by atoms with van der Waals surface area (Å²) in [6.45, 7) is 1.40. The van der Waals surface area contributed by atoms with Gasteiger partial charge < -0.3 is 26.0 Å². The molecule has 4 N–H and O–H groups in total. The lowest BCUT2D eigenvalue weighted by Crippen LogP contribution is -2.47. The van der Waals surface area contributed by atoms with Crippen molar-refractivity contribution in [3.63, 3.8) is 0 Å². The number of hydrogen-bond donors (Lipinski definition) is 4. The number of amides is 3. The van der Waals surface area contributed by atoms with Crippen molar-refractivity contribution in [1.29, 1.82) is 0 Å². The van der Waals surface area contributed by atoms with Gasteiger partial charge in [0.05, 0.1) is 23.4 Å². The molecule has 1 saturated heterocycles. The van der Waals surface area contributed by atoms with Gasteiger partial charge in [-0.2, -0.15) is 0 Å². The maximum Gasteiger partial charge on any atom is 0.319 e. The van der Waals surface area contributed by atoms with Crippen LogP contribution in [0.15, 0.2) is 42.5 Å². The number of aliphatic hydroxyl groups is 1. The van der Waals surface area contributed by atoms with Gasteiger partial charge in [-0.3, -0.25) is 4.79 Å². The van der Waals surface area contributed by atoms with Crippen LogP contribution in [0.25, 0.3) is 0 Å². The molecule has 0 bridgehead atoms. The van der Waals surface area contributed by atoms with Crippen molar-refractivity contribution in [2.75, 3.05) is 36.4 Å². The van der Waals surface area contributed by atoms with Gasteiger partial charge in [0.1, 0.15) is 5.82 Å². The van der Waals surface area contributed by atoms with Crippen LogP contribution < -0.4 is 20.9 Å². The molecule has 28 heavy (non-hydrogen) atoms. The van der Waals surface area contributed by atoms with Crippen molar-refractivity contribution in [3.05, 3.63) is 58.9 Å². The Hall–Kier alpha value is -2.84. The van der Waals surface area contributed by atoms with Crippen LogP contribution in [0.4, 0.5) is 20.6 Å². The first-order valence-electron chi connectivity index (χ1n) is 8.72. The average Bonchev–Trinajstić information content (AvgIpc) is 2.67. The van der Waals surface area contributed by atoms with Crippen LogP contribution in [0.2, 0.25) is 5.02 Å². The van der Waals surface area contributed by atoms with Gasteiger partial charge in [-0.05, 0) is 35.9 Å². The van der Waals surface area contributed by atoms with Crippen molar-refractivity contribution < 1.29 is 19.1 Å². The number of hydrogen-bond acceptors (Lipinski definition) is 4. The van der Waals surface area contributed by atoms with E-state index in [9.17, 15) is 19.1 Å². The zero-order chi connectivity index (χ0) is 20.1. The molecule has 0 aliphatic carbocycles. The van der Waals surface area contributed by atoms with Crippen LogP contribution in [0.5, 0.6) is 0 Å². The summed E-state index contributed by atoms with van der Waals surface area (Å²) in [6, 6.07) is 9.91. The number of aliphatic hydroxyl groups excluding tert-OH is 1. The molecule has 7 nitrogen and oxygen atoms in total. The van der Waals surface area contributed by atoms with Gasteiger partial charge in [0.25, 0.3) is 0 Å². The van der Waals surface area contributed by atoms with E-state index in [1.54, 1.807) is 18.2 Å². The zero-order valence-electron chi connectivity index (χ0n) is 14.9. The second-order valence-corrected chi connectivity index (χ2v) is 6.75. The van der Waals surface area contributed by atoms with Gasteiger partial charge in [0, 0.05) is 25.3 Å². The second kappa shape index (κ2) is 8.90. The Balaban J connectivity index is 1.54. The largest absolute Gasteiger partial charge is 0.387 e. The molecule has 3 amide bonds. The minimum absolute atomic E-state index is 0.0355. The number of carbonyl (C=O) groups excluding carboxylic acids is 2. The zero-order valence-corrected chi connectivity index (χ0v) is 15.7. The first-order valence-corrected chi connectivity index (χ1v) is 9.10. The molecular formula is C19H20ClFN4O3. The molecule has 1 heterocycles. The number of nitrogens with zero attached hydrogens (tertiary/aromatic N) is 1. The van der Waals surface area contributed by atoms with E-state index in [1.165, 1.54) is 24.3 Å². The third-order valence-corrected chi connectivity index (χ3v) is 4.60. The van der Waals surface area contributed by atoms with E-state index in [0.717, 1.165) is 0 Å². The first kappa shape index (κ1) is 19.9. The molecule has 2 aromatic carbocycles. The maximum absolute atomic E-state index is 12.9. The summed E-state index contributed by atoms with van der Waals surface area (Å²) in [5.41, 5.74) is 1.69. The SMILES string of the molecule is O=C1CN(c2ccc(NC(=O)NCC(O)c3ccc(F)cc3)cc2Cl)CCN1. The van der Waals surface area contributed by atoms with E-state index in [1.807, 2.05) is 4.90 Å². The first-order chi connectivity index (χ1) is 13.4. The number of urea groups is 1. The molecule has 2 aromatic rings. The van der Waals surface area contributed by atoms with Crippen LogP contribution in [-0.4, -0.2) is 43.2 Å². The predicted molar refractivity (Wildman–Crippen MR) is 105 cm³/mol. The Kier molecular flexibility index (Phi) is 6.33. The third kappa shape index (κ3) is 5.11. The normalized spacial score (nSPS) is 15.0. The van der Waals surface area contributed by atoms with E-state index in [0.29, 0.717) is 35.1 Å². The number of rotatable bonds is 5. The molecule has 9 heteroatoms. The fourth-order valence-corrected chi connectivity index (χ4v) is 3.15. The lowest BCUT2D eigenvalue weighted by Gasteiger charge is -2.29. The highest BCUT2D eigenvalue weighted by Gasteiger charge is 2.19. The monoisotopic (exact) mass is 406 g/mol. The summed E-state index contributed by atoms with van der Waals surface area (Å²) >= 11 is 6.30. The van der Waals surface area contributed by atoms with Crippen molar-refractivity contribution >= 4 is 34.9 Å². The summed E-state index contributed by atoms with van der Waals surface area (Å²) < 4.78 is 12.9. The van der Waals surface area contributed by atoms with E-state index in [4.69, 9.17) is 11.6 Å². The smallest absolute Gasteiger partial charge is 0.319 e. The van der Waals surface area contributed by atoms with E-state index >= 15 is 0 Å². The summed E-state index contributed by atoms with van der Waals surface area (Å²) in [5.74, 6) is -0.462. The summed E-state index contributed by atoms with van der Waals surface area (Å²) in [6.07, 6.45) is -0.956. The second-order valence-electron chi connectivity index (χ2n) is 6.34.